The summed E-state index contributed by atoms with van der Waals surface area (Å²) < 4.78 is 15.0. The number of carbonyl (C=O) groups is 1. The highest BCUT2D eigenvalue weighted by atomic mass is 32.1. The summed E-state index contributed by atoms with van der Waals surface area (Å²) >= 11 is 1.25. The van der Waals surface area contributed by atoms with Crippen molar-refractivity contribution in [3.63, 3.8) is 0 Å². The van der Waals surface area contributed by atoms with Crippen LogP contribution in [-0.4, -0.2) is 27.0 Å². The highest BCUT2D eigenvalue weighted by molar-refractivity contribution is 7.13. The number of H-pyrrole nitrogens is 1. The minimum absolute atomic E-state index is 0.125. The number of primary amides is 1. The number of amides is 1. The van der Waals surface area contributed by atoms with Crippen LogP contribution in [0.15, 0.2) is 17.6 Å². The largest absolute Gasteiger partial charge is 0.494 e. The molecule has 3 aromatic rings. The van der Waals surface area contributed by atoms with E-state index in [4.69, 9.17) is 11.0 Å². The van der Waals surface area contributed by atoms with Crippen molar-refractivity contribution >= 4 is 33.8 Å². The van der Waals surface area contributed by atoms with E-state index in [0.29, 0.717) is 22.6 Å². The summed E-state index contributed by atoms with van der Waals surface area (Å²) in [4.78, 5) is 19.2. The predicted octanol–water partition coefficient (Wildman–Crippen LogP) is 3.32. The molecule has 1 amide bonds. The predicted molar refractivity (Wildman–Crippen MR) is 102 cm³/mol. The zero-order valence-corrected chi connectivity index (χ0v) is 15.5. The monoisotopic (exact) mass is 387 g/mol. The van der Waals surface area contributed by atoms with E-state index in [0.717, 1.165) is 0 Å². The van der Waals surface area contributed by atoms with E-state index in [1.165, 1.54) is 17.5 Å². The fraction of sp³-hybridized carbons (Fsp3) is 0.278. The molecule has 0 aliphatic carbocycles. The molecule has 0 bridgehead atoms. The average Bonchev–Trinajstić information content (AvgIpc) is 3.23. The van der Waals surface area contributed by atoms with Gasteiger partial charge in [0.2, 0.25) is 5.91 Å². The quantitative estimate of drug-likeness (QED) is 0.516. The number of hydrogen-bond acceptors (Lipinski definition) is 6. The lowest BCUT2D eigenvalue weighted by Gasteiger charge is -2.19. The smallest absolute Gasteiger partial charge is 0.239 e. The third-order valence-electron chi connectivity index (χ3n) is 4.09. The Morgan fingerprint density at radius 3 is 2.89 bits per heavy atom. The number of aromatic amines is 1. The Kier molecular flexibility index (Phi) is 5.01. The Labute approximate surface area is 158 Å². The second-order valence-corrected chi connectivity index (χ2v) is 7.50. The molecule has 9 heteroatoms. The number of fused-ring (bicyclic) bond motifs is 1. The lowest BCUT2D eigenvalue weighted by Crippen LogP contribution is -2.37. The molecule has 3 rings (SSSR count). The highest BCUT2D eigenvalue weighted by Gasteiger charge is 2.24. The average molecular weight is 387 g/mol. The first-order valence-electron chi connectivity index (χ1n) is 8.26. The SMILES string of the molecule is CC(C)C[C@@H](Nc1nc(-c2cc(C#N)cs2)c2c(O)[nH]cc2c1F)C(N)=O. The van der Waals surface area contributed by atoms with Gasteiger partial charge in [-0.1, -0.05) is 13.8 Å². The molecule has 3 heterocycles. The number of aromatic hydroxyl groups is 1. The van der Waals surface area contributed by atoms with Crippen molar-refractivity contribution in [2.24, 2.45) is 11.7 Å². The molecule has 1 atom stereocenters. The molecule has 0 spiro atoms. The molecule has 0 fully saturated rings. The number of nitrogens with one attached hydrogen (secondary N) is 2. The van der Waals surface area contributed by atoms with Gasteiger partial charge in [-0.15, -0.1) is 11.3 Å². The minimum Gasteiger partial charge on any atom is -0.494 e. The summed E-state index contributed by atoms with van der Waals surface area (Å²) in [5, 5.41) is 23.9. The van der Waals surface area contributed by atoms with Crippen molar-refractivity contribution in [1.82, 2.24) is 9.97 Å². The third kappa shape index (κ3) is 3.57. The van der Waals surface area contributed by atoms with Gasteiger partial charge in [-0.05, 0) is 18.4 Å². The standard InChI is InChI=1S/C18H18FN5O2S/c1-8(2)3-11(16(21)25)23-17-14(19)10-6-22-18(26)13(10)15(24-17)12-4-9(5-20)7-27-12/h4,6-8,11,22-23,26H,3H2,1-2H3,(H2,21,25)/t11-/m1/s1. The normalized spacial score (nSPS) is 12.3. The molecule has 140 valence electrons. The summed E-state index contributed by atoms with van der Waals surface area (Å²) in [5.41, 5.74) is 6.19. The van der Waals surface area contributed by atoms with Crippen molar-refractivity contribution in [3.8, 4) is 22.5 Å². The van der Waals surface area contributed by atoms with Crippen LogP contribution in [0, 0.1) is 23.1 Å². The lowest BCUT2D eigenvalue weighted by molar-refractivity contribution is -0.119. The van der Waals surface area contributed by atoms with Crippen LogP contribution in [0.25, 0.3) is 21.3 Å². The van der Waals surface area contributed by atoms with Gasteiger partial charge in [0.15, 0.2) is 17.5 Å². The van der Waals surface area contributed by atoms with E-state index < -0.39 is 17.8 Å². The molecular weight excluding hydrogens is 369 g/mol. The maximum Gasteiger partial charge on any atom is 0.239 e. The number of nitriles is 1. The number of nitrogens with two attached hydrogens (primary N) is 1. The molecule has 0 aliphatic rings. The molecular formula is C18H18FN5O2S. The van der Waals surface area contributed by atoms with Gasteiger partial charge in [0.25, 0.3) is 0 Å². The minimum atomic E-state index is -0.789. The number of aromatic nitrogens is 2. The number of rotatable bonds is 6. The summed E-state index contributed by atoms with van der Waals surface area (Å²) in [6.07, 6.45) is 1.75. The molecule has 0 radical (unpaired) electrons. The van der Waals surface area contributed by atoms with Gasteiger partial charge in [-0.2, -0.15) is 5.26 Å². The van der Waals surface area contributed by atoms with Crippen molar-refractivity contribution < 1.29 is 14.3 Å². The van der Waals surface area contributed by atoms with Crippen molar-refractivity contribution in [2.75, 3.05) is 5.32 Å². The number of anilines is 1. The molecule has 0 saturated heterocycles. The summed E-state index contributed by atoms with van der Waals surface area (Å²) in [7, 11) is 0. The topological polar surface area (TPSA) is 128 Å². The van der Waals surface area contributed by atoms with Gasteiger partial charge in [0, 0.05) is 17.0 Å². The first kappa shape index (κ1) is 18.7. The molecule has 7 nitrogen and oxygen atoms in total. The van der Waals surface area contributed by atoms with Crippen LogP contribution in [0.4, 0.5) is 10.2 Å². The van der Waals surface area contributed by atoms with Crippen LogP contribution in [0.3, 0.4) is 0 Å². The third-order valence-corrected chi connectivity index (χ3v) is 5.02. The zero-order valence-electron chi connectivity index (χ0n) is 14.7. The fourth-order valence-electron chi connectivity index (χ4n) is 2.85. The molecule has 5 N–H and O–H groups in total. The molecule has 0 saturated carbocycles. The van der Waals surface area contributed by atoms with E-state index >= 15 is 0 Å². The molecule has 0 aromatic carbocycles. The van der Waals surface area contributed by atoms with Gasteiger partial charge in [0.05, 0.1) is 21.5 Å². The Morgan fingerprint density at radius 1 is 1.56 bits per heavy atom. The van der Waals surface area contributed by atoms with E-state index in [1.807, 2.05) is 19.9 Å². The second kappa shape index (κ2) is 7.25. The van der Waals surface area contributed by atoms with Gasteiger partial charge in [-0.25, -0.2) is 9.37 Å². The number of halogens is 1. The van der Waals surface area contributed by atoms with E-state index in [-0.39, 0.29) is 28.4 Å². The van der Waals surface area contributed by atoms with Gasteiger partial charge in [-0.3, -0.25) is 4.79 Å². The van der Waals surface area contributed by atoms with E-state index in [9.17, 15) is 14.3 Å². The molecule has 0 unspecified atom stereocenters. The zero-order chi connectivity index (χ0) is 19.7. The van der Waals surface area contributed by atoms with Gasteiger partial charge >= 0.3 is 0 Å². The van der Waals surface area contributed by atoms with Crippen LogP contribution >= 0.6 is 11.3 Å². The summed E-state index contributed by atoms with van der Waals surface area (Å²) in [5.74, 6) is -1.50. The maximum absolute atomic E-state index is 15.0. The van der Waals surface area contributed by atoms with E-state index in [1.54, 1.807) is 11.4 Å². The Morgan fingerprint density at radius 2 is 2.30 bits per heavy atom. The number of carbonyl (C=O) groups excluding carboxylic acids is 1. The fourth-order valence-corrected chi connectivity index (χ4v) is 3.67. The van der Waals surface area contributed by atoms with Gasteiger partial charge in [0.1, 0.15) is 12.1 Å². The molecule has 0 aliphatic heterocycles. The summed E-state index contributed by atoms with van der Waals surface area (Å²) in [6, 6.07) is 2.85. The van der Waals surface area contributed by atoms with Crippen LogP contribution < -0.4 is 11.1 Å². The van der Waals surface area contributed by atoms with Crippen LogP contribution in [0.2, 0.25) is 0 Å². The van der Waals surface area contributed by atoms with E-state index in [2.05, 4.69) is 15.3 Å². The molecule has 3 aromatic heterocycles. The second-order valence-electron chi connectivity index (χ2n) is 6.59. The van der Waals surface area contributed by atoms with Crippen LogP contribution in [0.1, 0.15) is 25.8 Å². The summed E-state index contributed by atoms with van der Waals surface area (Å²) in [6.45, 7) is 3.85. The number of hydrogen-bond donors (Lipinski definition) is 4. The Balaban J connectivity index is 2.15. The molecule has 27 heavy (non-hydrogen) atoms. The van der Waals surface area contributed by atoms with Crippen molar-refractivity contribution in [2.45, 2.75) is 26.3 Å². The Hall–Kier alpha value is -3.12. The van der Waals surface area contributed by atoms with Crippen LogP contribution in [-0.2, 0) is 4.79 Å². The van der Waals surface area contributed by atoms with Gasteiger partial charge < -0.3 is 21.1 Å². The maximum atomic E-state index is 15.0. The van der Waals surface area contributed by atoms with Crippen molar-refractivity contribution in [3.05, 3.63) is 29.0 Å². The first-order chi connectivity index (χ1) is 12.8. The number of nitrogens with zero attached hydrogens (tertiary/aromatic N) is 2. The first-order valence-corrected chi connectivity index (χ1v) is 9.14. The lowest BCUT2D eigenvalue weighted by atomic mass is 10.0. The van der Waals surface area contributed by atoms with Crippen LogP contribution in [0.5, 0.6) is 5.88 Å². The number of pyridine rings is 1. The number of thiophene rings is 1. The Bertz CT molecular complexity index is 1050. The van der Waals surface area contributed by atoms with Crippen molar-refractivity contribution in [1.29, 1.82) is 5.26 Å². The highest BCUT2D eigenvalue weighted by Crippen LogP contribution is 2.39.